The van der Waals surface area contributed by atoms with E-state index in [0.29, 0.717) is 0 Å². The minimum Gasteiger partial charge on any atom is -0.0619 e. The fourth-order valence-corrected chi connectivity index (χ4v) is 11.2. The van der Waals surface area contributed by atoms with E-state index in [9.17, 15) is 0 Å². The molecule has 46 heavy (non-hydrogen) atoms. The highest BCUT2D eigenvalue weighted by atomic mass is 32.2. The molecular weight excluding hydrogens is 593 g/mol. The summed E-state index contributed by atoms with van der Waals surface area (Å²) in [5.41, 5.74) is 0. The van der Waals surface area contributed by atoms with Gasteiger partial charge in [-0.25, -0.2) is 0 Å². The van der Waals surface area contributed by atoms with Crippen LogP contribution in [0.25, 0.3) is 46.6 Å². The van der Waals surface area contributed by atoms with Gasteiger partial charge < -0.3 is 0 Å². The van der Waals surface area contributed by atoms with E-state index in [1.807, 2.05) is 0 Å². The molecule has 1 aromatic heterocycles. The molecule has 0 fully saturated rings. The molecule has 0 N–H and O–H groups in total. The van der Waals surface area contributed by atoms with Crippen LogP contribution in [-0.4, -0.2) is 0 Å². The Morgan fingerprint density at radius 1 is 0.304 bits per heavy atom. The zero-order valence-electron chi connectivity index (χ0n) is 25.3. The molecule has 0 aliphatic heterocycles. The largest absolute Gasteiger partial charge is 0.187 e. The van der Waals surface area contributed by atoms with Crippen LogP contribution in [0.1, 0.15) is 0 Å². The highest BCUT2D eigenvalue weighted by Gasteiger charge is 2.32. The van der Waals surface area contributed by atoms with E-state index in [1.54, 1.807) is 0 Å². The monoisotopic (exact) mass is 624 g/mol. The Morgan fingerprint density at radius 3 is 1.22 bits per heavy atom. The number of benzene rings is 8. The number of rotatable bonds is 4. The lowest BCUT2D eigenvalue weighted by atomic mass is 10.1. The first-order valence-corrected chi connectivity index (χ1v) is 18.0. The fraction of sp³-hybridized carbons (Fsp3) is 0. The molecule has 1 heterocycles. The van der Waals surface area contributed by atoms with E-state index in [0.717, 1.165) is 0 Å². The normalized spacial score (nSPS) is 11.2. The summed E-state index contributed by atoms with van der Waals surface area (Å²) in [6, 6.07) is 70.1. The first-order valence-electron chi connectivity index (χ1n) is 15.6. The Balaban J connectivity index is 0.000000144. The molecule has 0 amide bonds. The third-order valence-electron chi connectivity index (χ3n) is 8.40. The molecule has 9 rings (SSSR count). The van der Waals surface area contributed by atoms with Gasteiger partial charge in [0.05, 0.1) is 0 Å². The van der Waals surface area contributed by atoms with Crippen LogP contribution in [-0.2, 0) is 10.9 Å². The molecule has 0 aliphatic rings. The molecule has 9 aromatic rings. The predicted molar refractivity (Wildman–Crippen MR) is 202 cm³/mol. The average molecular weight is 625 g/mol. The van der Waals surface area contributed by atoms with E-state index < -0.39 is 0 Å². The van der Waals surface area contributed by atoms with Gasteiger partial charge in [-0.2, -0.15) is 0 Å². The third-order valence-corrected chi connectivity index (χ3v) is 13.1. The van der Waals surface area contributed by atoms with Crippen molar-refractivity contribution in [2.75, 3.05) is 0 Å². The quantitative estimate of drug-likeness (QED) is 0.171. The van der Waals surface area contributed by atoms with Crippen LogP contribution in [0.2, 0.25) is 0 Å². The second kappa shape index (κ2) is 12.7. The molecular formula is C44H32S2+2. The maximum atomic E-state index is 2.29. The van der Waals surface area contributed by atoms with Crippen molar-refractivity contribution in [3.05, 3.63) is 194 Å². The fourth-order valence-electron chi connectivity index (χ4n) is 6.34. The summed E-state index contributed by atoms with van der Waals surface area (Å²) in [5.74, 6) is 0. The van der Waals surface area contributed by atoms with Gasteiger partial charge in [0.25, 0.3) is 0 Å². The van der Waals surface area contributed by atoms with Crippen LogP contribution in [0.15, 0.2) is 209 Å². The summed E-state index contributed by atoms with van der Waals surface area (Å²) in [6.45, 7) is 0. The molecule has 0 aliphatic carbocycles. The van der Waals surface area contributed by atoms with Crippen LogP contribution < -0.4 is 0 Å². The van der Waals surface area contributed by atoms with Crippen molar-refractivity contribution in [1.29, 1.82) is 0 Å². The lowest BCUT2D eigenvalue weighted by molar-refractivity contribution is 1.36. The van der Waals surface area contributed by atoms with Gasteiger partial charge in [0.2, 0.25) is 0 Å². The molecule has 2 heteroatoms. The summed E-state index contributed by atoms with van der Waals surface area (Å²) in [5, 5.41) is 8.04. The first-order chi connectivity index (χ1) is 22.9. The SMILES string of the molecule is c1ccc(-[s+]2c3ccccc3c3ccccc32)cc1.c1ccc([S+](c2cccc3ccccc23)c2cccc3ccccc23)cc1. The second-order valence-electron chi connectivity index (χ2n) is 11.2. The number of thiophene rings is 1. The van der Waals surface area contributed by atoms with Crippen molar-refractivity contribution in [1.82, 2.24) is 0 Å². The molecule has 0 bridgehead atoms. The molecule has 0 spiro atoms. The van der Waals surface area contributed by atoms with E-state index in [2.05, 4.69) is 194 Å². The number of fused-ring (bicyclic) bond motifs is 5. The molecule has 0 saturated heterocycles. The average Bonchev–Trinajstić information content (AvgIpc) is 3.48. The molecule has 0 unspecified atom stereocenters. The summed E-state index contributed by atoms with van der Waals surface area (Å²) < 4.78 is 2.91. The van der Waals surface area contributed by atoms with Gasteiger partial charge in [0, 0.05) is 32.0 Å². The van der Waals surface area contributed by atoms with E-state index >= 15 is 0 Å². The second-order valence-corrected chi connectivity index (χ2v) is 15.1. The van der Waals surface area contributed by atoms with E-state index in [4.69, 9.17) is 0 Å². The first kappa shape index (κ1) is 28.3. The molecule has 0 radical (unpaired) electrons. The summed E-state index contributed by atoms with van der Waals surface area (Å²) in [7, 11) is -0.104. The summed E-state index contributed by atoms with van der Waals surface area (Å²) >= 11 is 0. The van der Waals surface area contributed by atoms with Gasteiger partial charge in [0.15, 0.2) is 29.0 Å². The number of hydrogen-bond donors (Lipinski definition) is 0. The summed E-state index contributed by atoms with van der Waals surface area (Å²) in [4.78, 5) is 5.52. The van der Waals surface area contributed by atoms with Gasteiger partial charge in [0.1, 0.15) is 10.9 Å². The van der Waals surface area contributed by atoms with E-state index in [-0.39, 0.29) is 21.4 Å². The predicted octanol–water partition coefficient (Wildman–Crippen LogP) is 12.8. The van der Waals surface area contributed by atoms with Crippen LogP contribution in [0.4, 0.5) is 0 Å². The Bertz CT molecular complexity index is 2280. The molecule has 0 atom stereocenters. The molecule has 0 saturated carbocycles. The van der Waals surface area contributed by atoms with Crippen molar-refractivity contribution < 1.29 is 0 Å². The number of hydrogen-bond acceptors (Lipinski definition) is 0. The van der Waals surface area contributed by atoms with Crippen LogP contribution in [0.5, 0.6) is 0 Å². The van der Waals surface area contributed by atoms with Crippen molar-refractivity contribution in [3.8, 4) is 4.90 Å². The highest BCUT2D eigenvalue weighted by Crippen LogP contribution is 2.48. The minimum absolute atomic E-state index is 0.0594. The van der Waals surface area contributed by atoms with Gasteiger partial charge in [-0.05, 0) is 83.6 Å². The Kier molecular flexibility index (Phi) is 7.82. The summed E-state index contributed by atoms with van der Waals surface area (Å²) in [6.07, 6.45) is 0. The van der Waals surface area contributed by atoms with Crippen molar-refractivity contribution >= 4 is 63.1 Å². The molecule has 218 valence electrons. The minimum atomic E-state index is -0.164. The Hall–Kier alpha value is -5.15. The topological polar surface area (TPSA) is 0 Å². The molecule has 0 nitrogen and oxygen atoms in total. The van der Waals surface area contributed by atoms with Crippen molar-refractivity contribution in [2.24, 2.45) is 0 Å². The van der Waals surface area contributed by atoms with Gasteiger partial charge in [-0.15, -0.1) is 0 Å². The Labute approximate surface area is 275 Å². The third kappa shape index (κ3) is 5.26. The maximum absolute atomic E-state index is 2.29. The molecule has 8 aromatic carbocycles. The lowest BCUT2D eigenvalue weighted by Crippen LogP contribution is -2.06. The van der Waals surface area contributed by atoms with Gasteiger partial charge in [-0.1, -0.05) is 121 Å². The zero-order chi connectivity index (χ0) is 30.7. The van der Waals surface area contributed by atoms with E-state index in [1.165, 1.54) is 61.3 Å². The van der Waals surface area contributed by atoms with Crippen molar-refractivity contribution in [3.63, 3.8) is 0 Å². The van der Waals surface area contributed by atoms with Crippen LogP contribution >= 0.6 is 10.5 Å². The Morgan fingerprint density at radius 2 is 0.696 bits per heavy atom. The van der Waals surface area contributed by atoms with Gasteiger partial charge >= 0.3 is 0 Å². The van der Waals surface area contributed by atoms with Crippen LogP contribution in [0, 0.1) is 0 Å². The highest BCUT2D eigenvalue weighted by molar-refractivity contribution is 7.97. The van der Waals surface area contributed by atoms with Gasteiger partial charge in [-0.3, -0.25) is 0 Å². The smallest absolute Gasteiger partial charge is 0.0619 e. The standard InChI is InChI=1S/C26H19S.C18H13S/c1-2-14-22(15-3-1)27(25-18-8-12-20-10-4-6-16-23(20)25)26-19-9-13-21-11-5-7-17-24(21)26;1-2-8-14(9-3-1)19-17-12-6-4-10-15(17)16-11-5-7-13-18(16)19/h1-19H;1-13H/q2*+1. The lowest BCUT2D eigenvalue weighted by Gasteiger charge is -2.12. The zero-order valence-corrected chi connectivity index (χ0v) is 26.9. The van der Waals surface area contributed by atoms with Crippen LogP contribution in [0.3, 0.4) is 0 Å². The maximum Gasteiger partial charge on any atom is 0.187 e. The van der Waals surface area contributed by atoms with Crippen molar-refractivity contribution in [2.45, 2.75) is 14.7 Å².